The Morgan fingerprint density at radius 2 is 2.12 bits per heavy atom. The fourth-order valence-electron chi connectivity index (χ4n) is 2.05. The second-order valence-corrected chi connectivity index (χ2v) is 6.30. The number of alkyl halides is 3. The predicted molar refractivity (Wildman–Crippen MR) is 85.4 cm³/mol. The molecule has 0 aliphatic carbocycles. The van der Waals surface area contributed by atoms with Gasteiger partial charge in [-0.3, -0.25) is 4.79 Å². The average Bonchev–Trinajstić information content (AvgIpc) is 2.91. The van der Waals surface area contributed by atoms with Gasteiger partial charge in [0.15, 0.2) is 6.61 Å². The van der Waals surface area contributed by atoms with Crippen LogP contribution >= 0.6 is 11.3 Å². The van der Waals surface area contributed by atoms with Crippen molar-refractivity contribution in [3.63, 3.8) is 0 Å². The Kier molecular flexibility index (Phi) is 5.82. The molecule has 0 aliphatic heterocycles. The van der Waals surface area contributed by atoms with Crippen LogP contribution in [0.15, 0.2) is 24.4 Å². The molecule has 0 bridgehead atoms. The minimum Gasteiger partial charge on any atom is -0.468 e. The van der Waals surface area contributed by atoms with Gasteiger partial charge >= 0.3 is 6.18 Å². The Bertz CT molecular complexity index is 714. The zero-order chi connectivity index (χ0) is 17.7. The van der Waals surface area contributed by atoms with E-state index in [0.717, 1.165) is 16.9 Å². The Labute approximate surface area is 141 Å². The first-order valence-corrected chi connectivity index (χ1v) is 8.12. The van der Waals surface area contributed by atoms with Gasteiger partial charge in [0.25, 0.3) is 5.91 Å². The molecule has 0 saturated carbocycles. The number of aromatic nitrogens is 1. The van der Waals surface area contributed by atoms with Crippen LogP contribution < -0.4 is 10.1 Å². The minimum absolute atomic E-state index is 0.126. The van der Waals surface area contributed by atoms with Gasteiger partial charge in [0, 0.05) is 23.7 Å². The maximum absolute atomic E-state index is 12.1. The van der Waals surface area contributed by atoms with Gasteiger partial charge in [0.05, 0.1) is 4.88 Å². The Hall–Kier alpha value is -2.09. The lowest BCUT2D eigenvalue weighted by Gasteiger charge is -2.09. The molecular formula is C16H17F3N2O2S. The van der Waals surface area contributed by atoms with E-state index in [-0.39, 0.29) is 18.3 Å². The smallest absolute Gasteiger partial charge is 0.422 e. The van der Waals surface area contributed by atoms with Crippen LogP contribution in [0.4, 0.5) is 13.2 Å². The van der Waals surface area contributed by atoms with Crippen molar-refractivity contribution in [2.75, 3.05) is 6.61 Å². The standard InChI is InChI=1S/C16H17F3N2O2S/c1-3-12-10(2)6-13(24-12)15(22)21-8-11-4-5-20-14(7-11)23-9-16(17,18)19/h4-7H,3,8-9H2,1-2H3,(H,21,22). The van der Waals surface area contributed by atoms with Crippen LogP contribution in [0, 0.1) is 6.92 Å². The molecule has 1 amide bonds. The average molecular weight is 358 g/mol. The minimum atomic E-state index is -4.42. The molecule has 2 rings (SSSR count). The number of ether oxygens (including phenoxy) is 1. The zero-order valence-corrected chi connectivity index (χ0v) is 14.1. The van der Waals surface area contributed by atoms with Gasteiger partial charge < -0.3 is 10.1 Å². The van der Waals surface area contributed by atoms with Gasteiger partial charge in [-0.05, 0) is 36.6 Å². The van der Waals surface area contributed by atoms with E-state index < -0.39 is 12.8 Å². The molecule has 0 atom stereocenters. The van der Waals surface area contributed by atoms with E-state index in [1.54, 1.807) is 6.07 Å². The van der Waals surface area contributed by atoms with E-state index in [0.29, 0.717) is 10.4 Å². The van der Waals surface area contributed by atoms with Crippen molar-refractivity contribution in [2.45, 2.75) is 33.0 Å². The summed E-state index contributed by atoms with van der Waals surface area (Å²) in [7, 11) is 0. The lowest BCUT2D eigenvalue weighted by Crippen LogP contribution is -2.22. The predicted octanol–water partition coefficient (Wildman–Crippen LogP) is 3.89. The SMILES string of the molecule is CCc1sc(C(=O)NCc2ccnc(OCC(F)(F)F)c2)cc1C. The molecule has 0 aromatic carbocycles. The summed E-state index contributed by atoms with van der Waals surface area (Å²) in [6.07, 6.45) is -2.20. The Morgan fingerprint density at radius 3 is 2.75 bits per heavy atom. The molecule has 2 aromatic rings. The highest BCUT2D eigenvalue weighted by molar-refractivity contribution is 7.14. The molecule has 4 nitrogen and oxygen atoms in total. The number of halogens is 3. The van der Waals surface area contributed by atoms with Crippen molar-refractivity contribution < 1.29 is 22.7 Å². The maximum Gasteiger partial charge on any atom is 0.422 e. The first-order chi connectivity index (χ1) is 11.3. The summed E-state index contributed by atoms with van der Waals surface area (Å²) in [6, 6.07) is 4.82. The van der Waals surface area contributed by atoms with Crippen LogP contribution in [0.3, 0.4) is 0 Å². The largest absolute Gasteiger partial charge is 0.468 e. The lowest BCUT2D eigenvalue weighted by atomic mass is 10.2. The van der Waals surface area contributed by atoms with Crippen LogP contribution in [0.1, 0.15) is 32.6 Å². The van der Waals surface area contributed by atoms with Crippen LogP contribution in [0.25, 0.3) is 0 Å². The molecule has 130 valence electrons. The van der Waals surface area contributed by atoms with E-state index >= 15 is 0 Å². The van der Waals surface area contributed by atoms with Crippen LogP contribution in [-0.4, -0.2) is 23.7 Å². The molecule has 2 heterocycles. The Balaban J connectivity index is 1.95. The van der Waals surface area contributed by atoms with Crippen LogP contribution in [0.2, 0.25) is 0 Å². The molecule has 0 radical (unpaired) electrons. The van der Waals surface area contributed by atoms with Crippen molar-refractivity contribution >= 4 is 17.2 Å². The number of aryl methyl sites for hydroxylation is 2. The number of rotatable bonds is 6. The van der Waals surface area contributed by atoms with E-state index in [4.69, 9.17) is 0 Å². The molecule has 0 spiro atoms. The number of nitrogens with one attached hydrogen (secondary N) is 1. The molecule has 1 N–H and O–H groups in total. The number of hydrogen-bond acceptors (Lipinski definition) is 4. The summed E-state index contributed by atoms with van der Waals surface area (Å²) in [4.78, 5) is 17.6. The van der Waals surface area contributed by atoms with Crippen molar-refractivity contribution in [1.29, 1.82) is 0 Å². The summed E-state index contributed by atoms with van der Waals surface area (Å²) >= 11 is 1.44. The number of thiophene rings is 1. The lowest BCUT2D eigenvalue weighted by molar-refractivity contribution is -0.154. The number of carbonyl (C=O) groups excluding carboxylic acids is 1. The van der Waals surface area contributed by atoms with Gasteiger partial charge in [-0.2, -0.15) is 13.2 Å². The van der Waals surface area contributed by atoms with E-state index in [2.05, 4.69) is 15.0 Å². The molecule has 0 aliphatic rings. The number of carbonyl (C=O) groups is 1. The Morgan fingerprint density at radius 1 is 1.38 bits per heavy atom. The van der Waals surface area contributed by atoms with Gasteiger partial charge in [-0.15, -0.1) is 11.3 Å². The molecule has 8 heteroatoms. The van der Waals surface area contributed by atoms with Crippen molar-refractivity contribution in [3.05, 3.63) is 45.3 Å². The van der Waals surface area contributed by atoms with E-state index in [9.17, 15) is 18.0 Å². The molecule has 2 aromatic heterocycles. The molecular weight excluding hydrogens is 341 g/mol. The fourth-order valence-corrected chi connectivity index (χ4v) is 3.08. The van der Waals surface area contributed by atoms with E-state index in [1.165, 1.54) is 23.6 Å². The van der Waals surface area contributed by atoms with Gasteiger partial charge in [-0.1, -0.05) is 6.92 Å². The first-order valence-electron chi connectivity index (χ1n) is 7.30. The first kappa shape index (κ1) is 18.3. The van der Waals surface area contributed by atoms with Crippen LogP contribution in [0.5, 0.6) is 5.88 Å². The van der Waals surface area contributed by atoms with Crippen molar-refractivity contribution in [2.24, 2.45) is 0 Å². The summed E-state index contributed by atoms with van der Waals surface area (Å²) < 4.78 is 41.0. The van der Waals surface area contributed by atoms with Gasteiger partial charge in [-0.25, -0.2) is 4.98 Å². The third-order valence-electron chi connectivity index (χ3n) is 3.20. The van der Waals surface area contributed by atoms with Crippen molar-refractivity contribution in [1.82, 2.24) is 10.3 Å². The quantitative estimate of drug-likeness (QED) is 0.852. The summed E-state index contributed by atoms with van der Waals surface area (Å²) in [5, 5.41) is 2.75. The number of nitrogens with zero attached hydrogens (tertiary/aromatic N) is 1. The third kappa shape index (κ3) is 5.23. The molecule has 0 unspecified atom stereocenters. The number of hydrogen-bond donors (Lipinski definition) is 1. The summed E-state index contributed by atoms with van der Waals surface area (Å²) in [5.74, 6) is -0.336. The van der Waals surface area contributed by atoms with Crippen molar-refractivity contribution in [3.8, 4) is 5.88 Å². The maximum atomic E-state index is 12.1. The number of amides is 1. The highest BCUT2D eigenvalue weighted by Gasteiger charge is 2.28. The molecule has 0 fully saturated rings. The second-order valence-electron chi connectivity index (χ2n) is 5.16. The topological polar surface area (TPSA) is 51.2 Å². The fraction of sp³-hybridized carbons (Fsp3) is 0.375. The zero-order valence-electron chi connectivity index (χ0n) is 13.2. The van der Waals surface area contributed by atoms with Gasteiger partial charge in [0.1, 0.15) is 0 Å². The van der Waals surface area contributed by atoms with Crippen LogP contribution in [-0.2, 0) is 13.0 Å². The second kappa shape index (κ2) is 7.65. The highest BCUT2D eigenvalue weighted by atomic mass is 32.1. The number of pyridine rings is 1. The summed E-state index contributed by atoms with van der Waals surface area (Å²) in [5.41, 5.74) is 1.69. The van der Waals surface area contributed by atoms with E-state index in [1.807, 2.05) is 19.9 Å². The highest BCUT2D eigenvalue weighted by Crippen LogP contribution is 2.22. The normalized spacial score (nSPS) is 11.4. The third-order valence-corrected chi connectivity index (χ3v) is 4.58. The molecule has 24 heavy (non-hydrogen) atoms. The molecule has 0 saturated heterocycles. The monoisotopic (exact) mass is 358 g/mol. The summed E-state index contributed by atoms with van der Waals surface area (Å²) in [6.45, 7) is 2.77. The van der Waals surface area contributed by atoms with Gasteiger partial charge in [0.2, 0.25) is 5.88 Å².